The van der Waals surface area contributed by atoms with Crippen LogP contribution in [0.1, 0.15) is 56.2 Å². The van der Waals surface area contributed by atoms with Crippen LogP contribution >= 0.6 is 0 Å². The second-order valence-electron chi connectivity index (χ2n) is 5.10. The molecular weight excluding hydrogens is 254 g/mol. The maximum atomic E-state index is 8.87. The predicted molar refractivity (Wildman–Crippen MR) is 79.9 cm³/mol. The molecular formula is C15H23N3O2. The van der Waals surface area contributed by atoms with Crippen molar-refractivity contribution in [3.63, 3.8) is 0 Å². The van der Waals surface area contributed by atoms with Crippen molar-refractivity contribution in [1.29, 1.82) is 0 Å². The van der Waals surface area contributed by atoms with Gasteiger partial charge in [0, 0.05) is 17.1 Å². The lowest BCUT2D eigenvalue weighted by atomic mass is 9.95. The molecule has 0 aliphatic heterocycles. The quantitative estimate of drug-likeness (QED) is 0.332. The van der Waals surface area contributed by atoms with Crippen LogP contribution in [0.25, 0.3) is 10.4 Å². The van der Waals surface area contributed by atoms with Crippen molar-refractivity contribution in [2.24, 2.45) is 5.11 Å². The molecule has 0 heterocycles. The van der Waals surface area contributed by atoms with Crippen LogP contribution in [0, 0.1) is 0 Å². The highest BCUT2D eigenvalue weighted by Gasteiger charge is 2.16. The Morgan fingerprint density at radius 3 is 2.65 bits per heavy atom. The van der Waals surface area contributed by atoms with E-state index in [0.29, 0.717) is 18.8 Å². The molecule has 0 radical (unpaired) electrons. The number of methoxy groups -OCH3 is 1. The highest BCUT2D eigenvalue weighted by Crippen LogP contribution is 2.34. The van der Waals surface area contributed by atoms with Gasteiger partial charge in [0.05, 0.1) is 13.2 Å². The topological polar surface area (TPSA) is 78.2 Å². The number of rotatable bonds is 8. The van der Waals surface area contributed by atoms with Crippen LogP contribution in [0.5, 0.6) is 5.75 Å². The van der Waals surface area contributed by atoms with Crippen LogP contribution in [-0.2, 0) is 0 Å². The third kappa shape index (κ3) is 4.44. The van der Waals surface area contributed by atoms with Gasteiger partial charge in [0.25, 0.3) is 0 Å². The van der Waals surface area contributed by atoms with E-state index in [1.807, 2.05) is 12.1 Å². The van der Waals surface area contributed by atoms with Crippen molar-refractivity contribution in [2.45, 2.75) is 45.1 Å². The summed E-state index contributed by atoms with van der Waals surface area (Å²) in [5.74, 6) is 1.15. The summed E-state index contributed by atoms with van der Waals surface area (Å²) in [6.07, 6.45) is 2.24. The van der Waals surface area contributed by atoms with Crippen LogP contribution in [0.4, 0.5) is 0 Å². The summed E-state index contributed by atoms with van der Waals surface area (Å²) in [6, 6.07) is 5.77. The molecule has 1 rings (SSSR count). The smallest absolute Gasteiger partial charge is 0.122 e. The van der Waals surface area contributed by atoms with Gasteiger partial charge in [-0.2, -0.15) is 0 Å². The van der Waals surface area contributed by atoms with Crippen LogP contribution in [0.2, 0.25) is 0 Å². The van der Waals surface area contributed by atoms with Gasteiger partial charge >= 0.3 is 0 Å². The summed E-state index contributed by atoms with van der Waals surface area (Å²) in [5.41, 5.74) is 10.9. The SMILES string of the molecule is COc1ccc(C(C)C)cc1C(CCCCO)N=[N+]=[N-]. The first-order valence-corrected chi connectivity index (χ1v) is 6.97. The molecule has 0 fully saturated rings. The van der Waals surface area contributed by atoms with E-state index < -0.39 is 0 Å². The van der Waals surface area contributed by atoms with E-state index in [2.05, 4.69) is 29.9 Å². The molecule has 0 amide bonds. The third-order valence-electron chi connectivity index (χ3n) is 3.36. The minimum absolute atomic E-state index is 0.159. The molecule has 1 aromatic rings. The number of aliphatic hydroxyl groups excluding tert-OH is 1. The van der Waals surface area contributed by atoms with Gasteiger partial charge in [-0.1, -0.05) is 37.5 Å². The molecule has 1 aromatic carbocycles. The number of hydrogen-bond acceptors (Lipinski definition) is 3. The number of nitrogens with zero attached hydrogens (tertiary/aromatic N) is 3. The lowest BCUT2D eigenvalue weighted by Crippen LogP contribution is -2.01. The molecule has 110 valence electrons. The highest BCUT2D eigenvalue weighted by atomic mass is 16.5. The number of unbranched alkanes of at least 4 members (excludes halogenated alkanes) is 1. The minimum Gasteiger partial charge on any atom is -0.496 e. The molecule has 1 N–H and O–H groups in total. The van der Waals surface area contributed by atoms with Crippen molar-refractivity contribution < 1.29 is 9.84 Å². The Morgan fingerprint density at radius 1 is 1.35 bits per heavy atom. The van der Waals surface area contributed by atoms with Gasteiger partial charge < -0.3 is 9.84 Å². The van der Waals surface area contributed by atoms with Crippen molar-refractivity contribution in [3.05, 3.63) is 39.8 Å². The highest BCUT2D eigenvalue weighted by molar-refractivity contribution is 5.40. The van der Waals surface area contributed by atoms with Gasteiger partial charge in [-0.25, -0.2) is 0 Å². The Balaban J connectivity index is 3.08. The van der Waals surface area contributed by atoms with Crippen LogP contribution < -0.4 is 4.74 Å². The molecule has 1 atom stereocenters. The summed E-state index contributed by atoms with van der Waals surface area (Å²) >= 11 is 0. The fourth-order valence-electron chi connectivity index (χ4n) is 2.16. The van der Waals surface area contributed by atoms with E-state index in [1.54, 1.807) is 7.11 Å². The Kier molecular flexibility index (Phi) is 6.91. The largest absolute Gasteiger partial charge is 0.496 e. The summed E-state index contributed by atoms with van der Waals surface area (Å²) in [5, 5.41) is 12.8. The van der Waals surface area contributed by atoms with Crippen molar-refractivity contribution in [2.75, 3.05) is 13.7 Å². The van der Waals surface area contributed by atoms with Gasteiger partial charge in [-0.15, -0.1) is 0 Å². The van der Waals surface area contributed by atoms with Crippen molar-refractivity contribution in [1.82, 2.24) is 0 Å². The van der Waals surface area contributed by atoms with Crippen molar-refractivity contribution >= 4 is 0 Å². The number of ether oxygens (including phenoxy) is 1. The minimum atomic E-state index is -0.250. The molecule has 0 aliphatic rings. The zero-order chi connectivity index (χ0) is 15.0. The Bertz CT molecular complexity index is 468. The summed E-state index contributed by atoms with van der Waals surface area (Å²) in [7, 11) is 1.62. The van der Waals surface area contributed by atoms with Gasteiger partial charge in [0.15, 0.2) is 0 Å². The zero-order valence-corrected chi connectivity index (χ0v) is 12.4. The molecule has 0 aliphatic carbocycles. The Hall–Kier alpha value is -1.71. The first-order valence-electron chi connectivity index (χ1n) is 6.97. The van der Waals surface area contributed by atoms with Crippen LogP contribution in [0.3, 0.4) is 0 Å². The molecule has 20 heavy (non-hydrogen) atoms. The molecule has 0 aromatic heterocycles. The third-order valence-corrected chi connectivity index (χ3v) is 3.36. The lowest BCUT2D eigenvalue weighted by Gasteiger charge is -2.17. The first kappa shape index (κ1) is 16.3. The van der Waals surface area contributed by atoms with Gasteiger partial charge in [0.1, 0.15) is 5.75 Å². The fraction of sp³-hybridized carbons (Fsp3) is 0.600. The predicted octanol–water partition coefficient (Wildman–Crippen LogP) is 4.33. The Morgan fingerprint density at radius 2 is 2.10 bits per heavy atom. The van der Waals surface area contributed by atoms with Gasteiger partial charge in [-0.05, 0) is 35.9 Å². The summed E-state index contributed by atoms with van der Waals surface area (Å²) in [4.78, 5) is 2.95. The molecule has 5 nitrogen and oxygen atoms in total. The van der Waals surface area contributed by atoms with E-state index in [0.717, 1.165) is 17.7 Å². The van der Waals surface area contributed by atoms with E-state index in [9.17, 15) is 0 Å². The first-order chi connectivity index (χ1) is 9.63. The van der Waals surface area contributed by atoms with E-state index in [-0.39, 0.29) is 12.6 Å². The molecule has 0 bridgehead atoms. The standard InChI is InChI=1S/C15H23N3O2/c1-11(2)12-7-8-15(20-3)13(10-12)14(17-18-16)6-4-5-9-19/h7-8,10-11,14,19H,4-6,9H2,1-3H3. The summed E-state index contributed by atoms with van der Waals surface area (Å²) in [6.45, 7) is 4.41. The molecule has 1 unspecified atom stereocenters. The van der Waals surface area contributed by atoms with Gasteiger partial charge in [0.2, 0.25) is 0 Å². The zero-order valence-electron chi connectivity index (χ0n) is 12.4. The van der Waals surface area contributed by atoms with E-state index in [4.69, 9.17) is 15.4 Å². The fourth-order valence-corrected chi connectivity index (χ4v) is 2.16. The molecule has 0 spiro atoms. The average molecular weight is 277 g/mol. The Labute approximate surface area is 120 Å². The second kappa shape index (κ2) is 8.46. The van der Waals surface area contributed by atoms with Gasteiger partial charge in [-0.3, -0.25) is 0 Å². The maximum absolute atomic E-state index is 8.87. The second-order valence-corrected chi connectivity index (χ2v) is 5.10. The number of azide groups is 1. The van der Waals surface area contributed by atoms with Crippen molar-refractivity contribution in [3.8, 4) is 5.75 Å². The van der Waals surface area contributed by atoms with Crippen LogP contribution in [-0.4, -0.2) is 18.8 Å². The van der Waals surface area contributed by atoms with E-state index >= 15 is 0 Å². The number of benzene rings is 1. The normalized spacial score (nSPS) is 12.1. The average Bonchev–Trinajstić information content (AvgIpc) is 2.45. The molecule has 0 saturated heterocycles. The monoisotopic (exact) mass is 277 g/mol. The maximum Gasteiger partial charge on any atom is 0.122 e. The molecule has 5 heteroatoms. The summed E-state index contributed by atoms with van der Waals surface area (Å²) < 4.78 is 5.38. The number of hydrogen-bond donors (Lipinski definition) is 1. The molecule has 0 saturated carbocycles. The van der Waals surface area contributed by atoms with Crippen LogP contribution in [0.15, 0.2) is 23.3 Å². The lowest BCUT2D eigenvalue weighted by molar-refractivity contribution is 0.281. The van der Waals surface area contributed by atoms with E-state index in [1.165, 1.54) is 5.56 Å². The number of aliphatic hydroxyl groups is 1.